The van der Waals surface area contributed by atoms with Crippen LogP contribution in [0.3, 0.4) is 0 Å². The molecular weight excluding hydrogens is 300 g/mol. The fourth-order valence-corrected chi connectivity index (χ4v) is 3.13. The second-order valence-corrected chi connectivity index (χ2v) is 6.93. The molecule has 0 bridgehead atoms. The van der Waals surface area contributed by atoms with Gasteiger partial charge >= 0.3 is 0 Å². The van der Waals surface area contributed by atoms with Gasteiger partial charge in [0.05, 0.1) is 0 Å². The maximum absolute atomic E-state index is 12.1. The number of aromatic amines is 1. The van der Waals surface area contributed by atoms with E-state index in [1.54, 1.807) is 0 Å². The first-order valence-corrected chi connectivity index (χ1v) is 8.01. The van der Waals surface area contributed by atoms with Crippen molar-refractivity contribution in [1.29, 1.82) is 0 Å². The lowest BCUT2D eigenvalue weighted by Crippen LogP contribution is -2.41. The normalized spacial score (nSPS) is 18.8. The molecule has 1 saturated heterocycles. The van der Waals surface area contributed by atoms with Crippen molar-refractivity contribution in [3.05, 3.63) is 35.0 Å². The van der Waals surface area contributed by atoms with Gasteiger partial charge in [0.1, 0.15) is 6.10 Å². The largest absolute Gasteiger partial charge is 0.368 e. The van der Waals surface area contributed by atoms with Gasteiger partial charge in [0.15, 0.2) is 0 Å². The third-order valence-electron chi connectivity index (χ3n) is 4.30. The number of H-pyrrole nitrogens is 1. The minimum Gasteiger partial charge on any atom is -0.368 e. The van der Waals surface area contributed by atoms with Crippen molar-refractivity contribution >= 4 is 28.4 Å². The first-order valence-electron chi connectivity index (χ1n) is 7.64. The number of hydrogen-bond donors (Lipinski definition) is 2. The first-order chi connectivity index (χ1) is 10.5. The Labute approximate surface area is 135 Å². The van der Waals surface area contributed by atoms with E-state index < -0.39 is 0 Å². The highest BCUT2D eigenvalue weighted by atomic mass is 35.5. The zero-order valence-electron chi connectivity index (χ0n) is 12.9. The van der Waals surface area contributed by atoms with Crippen molar-refractivity contribution in [2.45, 2.75) is 38.2 Å². The van der Waals surface area contributed by atoms with E-state index in [1.165, 1.54) is 5.56 Å². The van der Waals surface area contributed by atoms with Gasteiger partial charge in [-0.25, -0.2) is 0 Å². The van der Waals surface area contributed by atoms with Crippen LogP contribution in [-0.4, -0.2) is 30.1 Å². The Bertz CT molecular complexity index is 687. The number of carbonyl (C=O) groups is 1. The minimum atomic E-state index is -0.280. The minimum absolute atomic E-state index is 0.00605. The van der Waals surface area contributed by atoms with Gasteiger partial charge in [-0.3, -0.25) is 4.79 Å². The average molecular weight is 321 g/mol. The number of aromatic nitrogens is 1. The van der Waals surface area contributed by atoms with Gasteiger partial charge in [0.25, 0.3) is 0 Å². The Morgan fingerprint density at radius 2 is 2.32 bits per heavy atom. The van der Waals surface area contributed by atoms with Crippen LogP contribution in [0, 0.1) is 0 Å². The van der Waals surface area contributed by atoms with Crippen molar-refractivity contribution in [3.63, 3.8) is 0 Å². The third-order valence-corrected chi connectivity index (χ3v) is 4.53. The molecule has 0 aliphatic carbocycles. The second-order valence-electron chi connectivity index (χ2n) is 6.50. The Hall–Kier alpha value is -1.52. The fraction of sp³-hybridized carbons (Fsp3) is 0.471. The quantitative estimate of drug-likeness (QED) is 0.907. The van der Waals surface area contributed by atoms with Crippen LogP contribution in [0.5, 0.6) is 0 Å². The van der Waals surface area contributed by atoms with Gasteiger partial charge in [0, 0.05) is 40.7 Å². The zero-order chi connectivity index (χ0) is 15.7. The summed E-state index contributed by atoms with van der Waals surface area (Å²) in [5.41, 5.74) is 2.01. The predicted octanol–water partition coefficient (Wildman–Crippen LogP) is 3.39. The molecule has 1 aliphatic heterocycles. The van der Waals surface area contributed by atoms with E-state index in [0.29, 0.717) is 18.2 Å². The van der Waals surface area contributed by atoms with Gasteiger partial charge < -0.3 is 15.0 Å². The third kappa shape index (κ3) is 2.99. The molecule has 2 N–H and O–H groups in total. The van der Waals surface area contributed by atoms with Crippen LogP contribution in [0.15, 0.2) is 24.4 Å². The smallest absolute Gasteiger partial charge is 0.249 e. The highest BCUT2D eigenvalue weighted by Gasteiger charge is 2.28. The first kappa shape index (κ1) is 15.4. The zero-order valence-corrected chi connectivity index (χ0v) is 13.7. The summed E-state index contributed by atoms with van der Waals surface area (Å²) >= 11 is 6.03. The molecule has 3 rings (SSSR count). The molecule has 1 amide bonds. The van der Waals surface area contributed by atoms with Gasteiger partial charge in [0.2, 0.25) is 5.91 Å². The van der Waals surface area contributed by atoms with Gasteiger partial charge in [-0.1, -0.05) is 31.5 Å². The lowest BCUT2D eigenvalue weighted by molar-refractivity contribution is -0.130. The van der Waals surface area contributed by atoms with Crippen molar-refractivity contribution in [2.75, 3.05) is 13.2 Å². The number of amides is 1. The summed E-state index contributed by atoms with van der Waals surface area (Å²) in [7, 11) is 0. The Morgan fingerprint density at radius 1 is 1.50 bits per heavy atom. The molecule has 0 spiro atoms. The highest BCUT2D eigenvalue weighted by Crippen LogP contribution is 2.31. The van der Waals surface area contributed by atoms with Crippen molar-refractivity contribution in [2.24, 2.45) is 0 Å². The number of nitrogens with one attached hydrogen (secondary N) is 2. The van der Waals surface area contributed by atoms with Crippen LogP contribution in [0.1, 0.15) is 32.3 Å². The number of halogens is 1. The lowest BCUT2D eigenvalue weighted by Gasteiger charge is -2.25. The molecule has 0 saturated carbocycles. The summed E-state index contributed by atoms with van der Waals surface area (Å²) in [6.07, 6.45) is 3.50. The number of carbonyl (C=O) groups excluding carboxylic acids is 1. The van der Waals surface area contributed by atoms with Gasteiger partial charge in [-0.15, -0.1) is 0 Å². The molecule has 1 unspecified atom stereocenters. The van der Waals surface area contributed by atoms with Crippen molar-refractivity contribution in [3.8, 4) is 0 Å². The average Bonchev–Trinajstić information content (AvgIpc) is 3.13. The highest BCUT2D eigenvalue weighted by molar-refractivity contribution is 6.31. The van der Waals surface area contributed by atoms with E-state index >= 15 is 0 Å². The fourth-order valence-electron chi connectivity index (χ4n) is 2.96. The molecule has 2 heterocycles. The summed E-state index contributed by atoms with van der Waals surface area (Å²) < 4.78 is 5.42. The summed E-state index contributed by atoms with van der Waals surface area (Å²) in [5.74, 6) is -0.00605. The Kier molecular flexibility index (Phi) is 4.15. The van der Waals surface area contributed by atoms with Crippen molar-refractivity contribution < 1.29 is 9.53 Å². The van der Waals surface area contributed by atoms with Gasteiger partial charge in [-0.2, -0.15) is 0 Å². The number of hydrogen-bond acceptors (Lipinski definition) is 2. The molecule has 118 valence electrons. The summed E-state index contributed by atoms with van der Waals surface area (Å²) in [6, 6.07) is 5.83. The van der Waals surface area contributed by atoms with E-state index in [1.807, 2.05) is 24.4 Å². The van der Waals surface area contributed by atoms with Crippen LogP contribution >= 0.6 is 11.6 Å². The molecule has 1 aliphatic rings. The molecule has 1 atom stereocenters. The van der Waals surface area contributed by atoms with Crippen LogP contribution in [0.25, 0.3) is 10.9 Å². The molecule has 22 heavy (non-hydrogen) atoms. The van der Waals surface area contributed by atoms with Crippen LogP contribution in [0.2, 0.25) is 5.02 Å². The predicted molar refractivity (Wildman–Crippen MR) is 88.3 cm³/mol. The van der Waals surface area contributed by atoms with E-state index in [4.69, 9.17) is 16.3 Å². The van der Waals surface area contributed by atoms with Crippen LogP contribution in [0.4, 0.5) is 0 Å². The molecular formula is C17H21ClN2O2. The number of ether oxygens (including phenoxy) is 1. The summed E-state index contributed by atoms with van der Waals surface area (Å²) in [4.78, 5) is 15.4. The number of fused-ring (bicyclic) bond motifs is 1. The van der Waals surface area contributed by atoms with Gasteiger partial charge in [-0.05, 0) is 30.5 Å². The van der Waals surface area contributed by atoms with E-state index in [9.17, 15) is 4.79 Å². The number of rotatable bonds is 4. The van der Waals surface area contributed by atoms with E-state index in [0.717, 1.165) is 23.7 Å². The molecule has 0 radical (unpaired) electrons. The monoisotopic (exact) mass is 320 g/mol. The lowest BCUT2D eigenvalue weighted by atomic mass is 9.84. The summed E-state index contributed by atoms with van der Waals surface area (Å²) in [6.45, 7) is 5.51. The molecule has 1 aromatic carbocycles. The van der Waals surface area contributed by atoms with Crippen LogP contribution in [-0.2, 0) is 14.9 Å². The Balaban J connectivity index is 1.74. The topological polar surface area (TPSA) is 54.1 Å². The second kappa shape index (κ2) is 5.94. The van der Waals surface area contributed by atoms with E-state index in [2.05, 4.69) is 24.1 Å². The maximum Gasteiger partial charge on any atom is 0.249 e. The molecule has 1 aromatic heterocycles. The standard InChI is InChI=1S/C17H21ClN2O2/c1-17(2,10-20-16(21)15-4-3-7-22-15)13-9-19-14-8-11(18)5-6-12(13)14/h5-6,8-9,15,19H,3-4,7,10H2,1-2H3,(H,20,21). The molecule has 5 heteroatoms. The maximum atomic E-state index is 12.1. The molecule has 1 fully saturated rings. The SMILES string of the molecule is CC(C)(CNC(=O)C1CCCO1)c1c[nH]c2cc(Cl)ccc12. The molecule has 4 nitrogen and oxygen atoms in total. The molecule has 2 aromatic rings. The Morgan fingerprint density at radius 3 is 3.05 bits per heavy atom. The van der Waals surface area contributed by atoms with Crippen molar-refractivity contribution in [1.82, 2.24) is 10.3 Å². The van der Waals surface area contributed by atoms with E-state index in [-0.39, 0.29) is 17.4 Å². The van der Waals surface area contributed by atoms with Crippen LogP contribution < -0.4 is 5.32 Å². The summed E-state index contributed by atoms with van der Waals surface area (Å²) in [5, 5.41) is 4.88. The number of benzene rings is 1.